The number of sulfonamides is 1. The topological polar surface area (TPSA) is 104 Å². The summed E-state index contributed by atoms with van der Waals surface area (Å²) in [6, 6.07) is 5.35. The molecule has 1 unspecified atom stereocenters. The minimum atomic E-state index is -3.64. The van der Waals surface area contributed by atoms with Crippen LogP contribution in [0, 0.1) is 5.92 Å². The second kappa shape index (κ2) is 6.05. The van der Waals surface area contributed by atoms with Crippen LogP contribution in [0.5, 0.6) is 0 Å². The van der Waals surface area contributed by atoms with E-state index < -0.39 is 21.8 Å². The number of aliphatic hydroxyl groups excluding tert-OH is 1. The summed E-state index contributed by atoms with van der Waals surface area (Å²) in [5.74, 6) is -1.62. The molecule has 22 heavy (non-hydrogen) atoms. The van der Waals surface area contributed by atoms with E-state index in [1.807, 2.05) is 0 Å². The van der Waals surface area contributed by atoms with Crippen molar-refractivity contribution in [3.05, 3.63) is 29.8 Å². The molecule has 0 radical (unpaired) electrons. The highest BCUT2D eigenvalue weighted by Gasteiger charge is 2.41. The molecule has 1 aliphatic rings. The van der Waals surface area contributed by atoms with Gasteiger partial charge in [0, 0.05) is 11.6 Å². The Morgan fingerprint density at radius 2 is 2.00 bits per heavy atom. The van der Waals surface area contributed by atoms with E-state index in [4.69, 9.17) is 5.11 Å². The Kier molecular flexibility index (Phi) is 4.52. The van der Waals surface area contributed by atoms with Crippen molar-refractivity contribution in [3.63, 3.8) is 0 Å². The minimum absolute atomic E-state index is 0.178. The fourth-order valence-electron chi connectivity index (χ4n) is 2.19. The molecule has 2 N–H and O–H groups in total. The summed E-state index contributed by atoms with van der Waals surface area (Å²) in [6.07, 6.45) is 0. The Balaban J connectivity index is 2.22. The molecule has 2 atom stereocenters. The van der Waals surface area contributed by atoms with E-state index in [9.17, 15) is 18.0 Å². The van der Waals surface area contributed by atoms with Gasteiger partial charge in [0.25, 0.3) is 5.91 Å². The van der Waals surface area contributed by atoms with E-state index in [1.165, 1.54) is 24.3 Å². The van der Waals surface area contributed by atoms with Gasteiger partial charge in [-0.2, -0.15) is 0 Å². The Hall–Kier alpha value is -1.93. The summed E-state index contributed by atoms with van der Waals surface area (Å²) >= 11 is 0. The fourth-order valence-corrected chi connectivity index (χ4v) is 4.01. The molecule has 7 nitrogen and oxygen atoms in total. The zero-order valence-corrected chi connectivity index (χ0v) is 13.1. The van der Waals surface area contributed by atoms with E-state index in [2.05, 4.69) is 5.32 Å². The predicted molar refractivity (Wildman–Crippen MR) is 80.9 cm³/mol. The van der Waals surface area contributed by atoms with Gasteiger partial charge in [0.15, 0.2) is 0 Å². The van der Waals surface area contributed by atoms with Crippen LogP contribution in [0.25, 0.3) is 0 Å². The average molecular weight is 326 g/mol. The van der Waals surface area contributed by atoms with Gasteiger partial charge in [-0.3, -0.25) is 9.59 Å². The molecular weight excluding hydrogens is 308 g/mol. The first-order valence-corrected chi connectivity index (χ1v) is 8.46. The van der Waals surface area contributed by atoms with Gasteiger partial charge >= 0.3 is 0 Å². The molecule has 1 saturated heterocycles. The van der Waals surface area contributed by atoms with Gasteiger partial charge in [-0.05, 0) is 31.2 Å². The third-order valence-electron chi connectivity index (χ3n) is 3.38. The van der Waals surface area contributed by atoms with E-state index in [-0.39, 0.29) is 30.0 Å². The predicted octanol–water partition coefficient (Wildman–Crippen LogP) is 0.110. The Labute approximate surface area is 129 Å². The molecule has 1 aliphatic heterocycles. The first-order chi connectivity index (χ1) is 10.3. The van der Waals surface area contributed by atoms with E-state index in [0.29, 0.717) is 5.56 Å². The van der Waals surface area contributed by atoms with Crippen molar-refractivity contribution in [2.24, 2.45) is 5.92 Å². The molecule has 1 heterocycles. The number of amides is 2. The average Bonchev–Trinajstić information content (AvgIpc) is 2.67. The van der Waals surface area contributed by atoms with Crippen molar-refractivity contribution in [1.82, 2.24) is 5.32 Å². The summed E-state index contributed by atoms with van der Waals surface area (Å²) in [5.41, 5.74) is 0.544. The molecule has 1 aromatic rings. The molecule has 0 aliphatic carbocycles. The number of hydrogen-bond acceptors (Lipinski definition) is 5. The standard InChI is InChI=1S/C14H18N2O5S/c1-9-8-22(20,21)16(14(9)19)12-5-3-11(4-6-12)13(18)15-10(2)7-17/h3-6,9-10,17H,7-8H2,1-2H3,(H,15,18)/t9?,10-/m0/s1. The molecule has 0 bridgehead atoms. The highest BCUT2D eigenvalue weighted by molar-refractivity contribution is 7.94. The summed E-state index contributed by atoms with van der Waals surface area (Å²) in [5, 5.41) is 11.5. The summed E-state index contributed by atoms with van der Waals surface area (Å²) in [6.45, 7) is 3.04. The van der Waals surface area contributed by atoms with Gasteiger partial charge in [0.05, 0.1) is 24.0 Å². The summed E-state index contributed by atoms with van der Waals surface area (Å²) in [4.78, 5) is 23.8. The number of aliphatic hydroxyl groups is 1. The lowest BCUT2D eigenvalue weighted by atomic mass is 10.1. The molecule has 120 valence electrons. The van der Waals surface area contributed by atoms with Crippen molar-refractivity contribution >= 4 is 27.5 Å². The van der Waals surface area contributed by atoms with Crippen LogP contribution in [0.4, 0.5) is 5.69 Å². The van der Waals surface area contributed by atoms with Gasteiger partial charge < -0.3 is 10.4 Å². The molecule has 2 rings (SSSR count). The van der Waals surface area contributed by atoms with Crippen molar-refractivity contribution < 1.29 is 23.1 Å². The molecule has 0 aromatic heterocycles. The van der Waals surface area contributed by atoms with E-state index in [1.54, 1.807) is 13.8 Å². The van der Waals surface area contributed by atoms with Crippen LogP contribution in [0.1, 0.15) is 24.2 Å². The first kappa shape index (κ1) is 16.4. The largest absolute Gasteiger partial charge is 0.394 e. The van der Waals surface area contributed by atoms with Crippen LogP contribution in [0.3, 0.4) is 0 Å². The number of carbonyl (C=O) groups excluding carboxylic acids is 2. The molecule has 8 heteroatoms. The number of anilines is 1. The van der Waals surface area contributed by atoms with E-state index in [0.717, 1.165) is 4.31 Å². The zero-order chi connectivity index (χ0) is 16.5. The number of carbonyl (C=O) groups is 2. The lowest BCUT2D eigenvalue weighted by Crippen LogP contribution is -2.35. The minimum Gasteiger partial charge on any atom is -0.394 e. The van der Waals surface area contributed by atoms with E-state index >= 15 is 0 Å². The van der Waals surface area contributed by atoms with Gasteiger partial charge in [-0.25, -0.2) is 12.7 Å². The van der Waals surface area contributed by atoms with Crippen molar-refractivity contribution in [1.29, 1.82) is 0 Å². The second-order valence-electron chi connectivity index (χ2n) is 5.39. The van der Waals surface area contributed by atoms with Crippen LogP contribution < -0.4 is 9.62 Å². The van der Waals surface area contributed by atoms with Crippen LogP contribution >= 0.6 is 0 Å². The lowest BCUT2D eigenvalue weighted by Gasteiger charge is -2.16. The smallest absolute Gasteiger partial charge is 0.251 e. The highest BCUT2D eigenvalue weighted by atomic mass is 32.2. The number of nitrogens with one attached hydrogen (secondary N) is 1. The summed E-state index contributed by atoms with van der Waals surface area (Å²) in [7, 11) is -3.64. The normalized spacial score (nSPS) is 21.7. The molecular formula is C14H18N2O5S. The maximum absolute atomic E-state index is 12.0. The van der Waals surface area contributed by atoms with Gasteiger partial charge in [0.2, 0.25) is 15.9 Å². The molecule has 0 saturated carbocycles. The molecule has 1 aromatic carbocycles. The third kappa shape index (κ3) is 3.12. The van der Waals surface area contributed by atoms with Crippen molar-refractivity contribution in [2.45, 2.75) is 19.9 Å². The quantitative estimate of drug-likeness (QED) is 0.817. The maximum Gasteiger partial charge on any atom is 0.251 e. The summed E-state index contributed by atoms with van der Waals surface area (Å²) < 4.78 is 24.8. The van der Waals surface area contributed by atoms with Gasteiger partial charge in [0.1, 0.15) is 0 Å². The van der Waals surface area contributed by atoms with Crippen LogP contribution in [0.2, 0.25) is 0 Å². The Morgan fingerprint density at radius 3 is 2.45 bits per heavy atom. The number of rotatable bonds is 4. The molecule has 1 fully saturated rings. The first-order valence-electron chi connectivity index (χ1n) is 6.85. The molecule has 0 spiro atoms. The number of nitrogens with zero attached hydrogens (tertiary/aromatic N) is 1. The van der Waals surface area contributed by atoms with Crippen molar-refractivity contribution in [2.75, 3.05) is 16.7 Å². The Bertz CT molecular complexity index is 684. The monoisotopic (exact) mass is 326 g/mol. The zero-order valence-electron chi connectivity index (χ0n) is 12.3. The van der Waals surface area contributed by atoms with Crippen LogP contribution in [0.15, 0.2) is 24.3 Å². The van der Waals surface area contributed by atoms with Crippen LogP contribution in [-0.4, -0.2) is 43.7 Å². The highest BCUT2D eigenvalue weighted by Crippen LogP contribution is 2.28. The number of hydrogen-bond donors (Lipinski definition) is 2. The van der Waals surface area contributed by atoms with Crippen LogP contribution in [-0.2, 0) is 14.8 Å². The van der Waals surface area contributed by atoms with Gasteiger partial charge in [-0.1, -0.05) is 6.92 Å². The lowest BCUT2D eigenvalue weighted by molar-refractivity contribution is -0.119. The third-order valence-corrected chi connectivity index (χ3v) is 5.24. The Morgan fingerprint density at radius 1 is 1.41 bits per heavy atom. The van der Waals surface area contributed by atoms with Crippen molar-refractivity contribution in [3.8, 4) is 0 Å². The maximum atomic E-state index is 12.0. The number of benzene rings is 1. The second-order valence-corrected chi connectivity index (χ2v) is 7.25. The SMILES string of the molecule is CC1CS(=O)(=O)N(c2ccc(C(=O)N[C@@H](C)CO)cc2)C1=O. The van der Waals surface area contributed by atoms with Gasteiger partial charge in [-0.15, -0.1) is 0 Å². The fraction of sp³-hybridized carbons (Fsp3) is 0.429. The molecule has 2 amide bonds.